The van der Waals surface area contributed by atoms with E-state index in [1.165, 1.54) is 0 Å². The minimum Gasteiger partial charge on any atom is -0.491 e. The van der Waals surface area contributed by atoms with Gasteiger partial charge in [0, 0.05) is 34.9 Å². The van der Waals surface area contributed by atoms with E-state index in [0.29, 0.717) is 17.9 Å². The van der Waals surface area contributed by atoms with Crippen LogP contribution in [0.25, 0.3) is 16.6 Å². The number of fused-ring (bicyclic) bond motifs is 1. The monoisotopic (exact) mass is 366 g/mol. The molecule has 5 nitrogen and oxygen atoms in total. The zero-order valence-corrected chi connectivity index (χ0v) is 16.0. The van der Waals surface area contributed by atoms with Crippen molar-refractivity contribution in [1.82, 2.24) is 9.88 Å². The van der Waals surface area contributed by atoms with Crippen molar-refractivity contribution < 1.29 is 14.6 Å². The van der Waals surface area contributed by atoms with E-state index >= 15 is 0 Å². The van der Waals surface area contributed by atoms with Crippen LogP contribution in [0.1, 0.15) is 31.1 Å². The first kappa shape index (κ1) is 19.1. The van der Waals surface area contributed by atoms with Crippen LogP contribution in [0, 0.1) is 0 Å². The summed E-state index contributed by atoms with van der Waals surface area (Å²) < 4.78 is 7.72. The molecule has 2 aromatic carbocycles. The van der Waals surface area contributed by atoms with Gasteiger partial charge in [-0.1, -0.05) is 12.1 Å². The van der Waals surface area contributed by atoms with Gasteiger partial charge in [0.05, 0.1) is 5.52 Å². The molecule has 27 heavy (non-hydrogen) atoms. The second-order valence-electron chi connectivity index (χ2n) is 7.67. The van der Waals surface area contributed by atoms with Crippen molar-refractivity contribution in [1.29, 1.82) is 0 Å². The summed E-state index contributed by atoms with van der Waals surface area (Å²) in [7, 11) is 0. The van der Waals surface area contributed by atoms with E-state index in [-0.39, 0.29) is 12.1 Å². The maximum absolute atomic E-state index is 11.2. The highest BCUT2D eigenvalue weighted by Crippen LogP contribution is 2.24. The molecule has 1 atom stereocenters. The first-order chi connectivity index (χ1) is 12.9. The number of nitrogens with one attached hydrogen (secondary N) is 1. The van der Waals surface area contributed by atoms with Crippen molar-refractivity contribution in [2.45, 2.75) is 32.4 Å². The summed E-state index contributed by atoms with van der Waals surface area (Å²) >= 11 is 0. The highest BCUT2D eigenvalue weighted by atomic mass is 16.5. The number of hydrogen-bond acceptors (Lipinski definition) is 4. The first-order valence-corrected chi connectivity index (χ1v) is 9.09. The molecule has 0 saturated carbocycles. The van der Waals surface area contributed by atoms with Crippen LogP contribution >= 0.6 is 0 Å². The molecule has 142 valence electrons. The SMILES string of the molecule is CC(C)(C)NCC(O)COc1ccc(-n2ccc3c(C=O)cccc32)cc1. The molecule has 0 bridgehead atoms. The fourth-order valence-electron chi connectivity index (χ4n) is 2.90. The quantitative estimate of drug-likeness (QED) is 0.628. The van der Waals surface area contributed by atoms with Gasteiger partial charge in [0.2, 0.25) is 0 Å². The maximum atomic E-state index is 11.2. The Hall–Kier alpha value is -2.63. The van der Waals surface area contributed by atoms with Gasteiger partial charge in [-0.05, 0) is 57.2 Å². The van der Waals surface area contributed by atoms with Gasteiger partial charge in [-0.15, -0.1) is 0 Å². The Balaban J connectivity index is 1.67. The van der Waals surface area contributed by atoms with Crippen LogP contribution in [0.4, 0.5) is 0 Å². The van der Waals surface area contributed by atoms with E-state index in [1.54, 1.807) is 0 Å². The number of aldehydes is 1. The van der Waals surface area contributed by atoms with Crippen LogP contribution in [-0.2, 0) is 0 Å². The predicted molar refractivity (Wildman–Crippen MR) is 108 cm³/mol. The van der Waals surface area contributed by atoms with Crippen LogP contribution in [0.15, 0.2) is 54.7 Å². The summed E-state index contributed by atoms with van der Waals surface area (Å²) in [6, 6.07) is 15.3. The van der Waals surface area contributed by atoms with Crippen LogP contribution in [0.3, 0.4) is 0 Å². The number of rotatable bonds is 7. The molecule has 0 aliphatic heterocycles. The van der Waals surface area contributed by atoms with Crippen molar-refractivity contribution in [3.05, 3.63) is 60.3 Å². The molecule has 3 rings (SSSR count). The molecule has 0 radical (unpaired) electrons. The van der Waals surface area contributed by atoms with Crippen molar-refractivity contribution in [3.63, 3.8) is 0 Å². The molecule has 2 N–H and O–H groups in total. The molecule has 5 heteroatoms. The lowest BCUT2D eigenvalue weighted by Gasteiger charge is -2.23. The molecule has 0 aliphatic carbocycles. The number of aliphatic hydroxyl groups excluding tert-OH is 1. The lowest BCUT2D eigenvalue weighted by atomic mass is 10.1. The fraction of sp³-hybridized carbons (Fsp3) is 0.318. The minimum absolute atomic E-state index is 0.0358. The summed E-state index contributed by atoms with van der Waals surface area (Å²) in [5, 5.41) is 14.2. The van der Waals surface area contributed by atoms with Gasteiger partial charge in [-0.3, -0.25) is 4.79 Å². The second-order valence-corrected chi connectivity index (χ2v) is 7.67. The molecule has 0 aliphatic rings. The first-order valence-electron chi connectivity index (χ1n) is 9.09. The Morgan fingerprint density at radius 1 is 1.15 bits per heavy atom. The lowest BCUT2D eigenvalue weighted by molar-refractivity contribution is 0.100. The summed E-state index contributed by atoms with van der Waals surface area (Å²) in [5.41, 5.74) is 2.61. The fourth-order valence-corrected chi connectivity index (χ4v) is 2.90. The second kappa shape index (κ2) is 7.94. The molecule has 1 aromatic heterocycles. The molecule has 0 spiro atoms. The number of carbonyl (C=O) groups is 1. The predicted octanol–water partition coefficient (Wildman–Crippen LogP) is 3.57. The van der Waals surface area contributed by atoms with Gasteiger partial charge in [0.25, 0.3) is 0 Å². The Morgan fingerprint density at radius 3 is 2.56 bits per heavy atom. The van der Waals surface area contributed by atoms with Crippen LogP contribution in [0.5, 0.6) is 5.75 Å². The molecule has 0 saturated heterocycles. The molecular weight excluding hydrogens is 340 g/mol. The normalized spacial score (nSPS) is 12.9. The standard InChI is InChI=1S/C22H26N2O3/c1-22(2,3)23-13-18(26)15-27-19-9-7-17(8-10-19)24-12-11-20-16(14-25)5-4-6-21(20)24/h4-12,14,18,23,26H,13,15H2,1-3H3. The Morgan fingerprint density at radius 2 is 1.89 bits per heavy atom. The van der Waals surface area contributed by atoms with Crippen molar-refractivity contribution in [3.8, 4) is 11.4 Å². The Kier molecular flexibility index (Phi) is 5.63. The van der Waals surface area contributed by atoms with Gasteiger partial charge in [-0.25, -0.2) is 0 Å². The molecular formula is C22H26N2O3. The molecule has 0 amide bonds. The van der Waals surface area contributed by atoms with Crippen molar-refractivity contribution >= 4 is 17.2 Å². The third kappa shape index (κ3) is 4.76. The van der Waals surface area contributed by atoms with E-state index in [4.69, 9.17) is 4.74 Å². The van der Waals surface area contributed by atoms with Crippen molar-refractivity contribution in [2.24, 2.45) is 0 Å². The number of aliphatic hydroxyl groups is 1. The summed E-state index contributed by atoms with van der Waals surface area (Å²) in [5.74, 6) is 0.707. The number of carbonyl (C=O) groups excluding carboxylic acids is 1. The number of ether oxygens (including phenoxy) is 1. The number of benzene rings is 2. The van der Waals surface area contributed by atoms with Gasteiger partial charge >= 0.3 is 0 Å². The molecule has 0 fully saturated rings. The number of hydrogen-bond donors (Lipinski definition) is 2. The van der Waals surface area contributed by atoms with Crippen LogP contribution in [-0.4, -0.2) is 40.8 Å². The van der Waals surface area contributed by atoms with E-state index in [0.717, 1.165) is 22.9 Å². The molecule has 1 unspecified atom stereocenters. The topological polar surface area (TPSA) is 63.5 Å². The highest BCUT2D eigenvalue weighted by Gasteiger charge is 2.13. The minimum atomic E-state index is -0.570. The zero-order chi connectivity index (χ0) is 19.4. The van der Waals surface area contributed by atoms with Gasteiger partial charge in [0.15, 0.2) is 6.29 Å². The van der Waals surface area contributed by atoms with E-state index < -0.39 is 6.10 Å². The third-order valence-corrected chi connectivity index (χ3v) is 4.32. The maximum Gasteiger partial charge on any atom is 0.150 e. The smallest absolute Gasteiger partial charge is 0.150 e. The number of aromatic nitrogens is 1. The Bertz CT molecular complexity index is 907. The summed E-state index contributed by atoms with van der Waals surface area (Å²) in [6.45, 7) is 6.89. The van der Waals surface area contributed by atoms with Gasteiger partial charge in [-0.2, -0.15) is 0 Å². The van der Waals surface area contributed by atoms with Crippen molar-refractivity contribution in [2.75, 3.05) is 13.2 Å². The third-order valence-electron chi connectivity index (χ3n) is 4.32. The number of nitrogens with zero attached hydrogens (tertiary/aromatic N) is 1. The molecule has 1 heterocycles. The highest BCUT2D eigenvalue weighted by molar-refractivity contribution is 5.97. The van der Waals surface area contributed by atoms with Crippen LogP contribution < -0.4 is 10.1 Å². The zero-order valence-electron chi connectivity index (χ0n) is 16.0. The Labute approximate surface area is 159 Å². The van der Waals surface area contributed by atoms with E-state index in [9.17, 15) is 9.90 Å². The van der Waals surface area contributed by atoms with E-state index in [1.807, 2.05) is 59.3 Å². The van der Waals surface area contributed by atoms with E-state index in [2.05, 4.69) is 26.1 Å². The van der Waals surface area contributed by atoms with Crippen LogP contribution in [0.2, 0.25) is 0 Å². The summed E-state index contributed by atoms with van der Waals surface area (Å²) in [4.78, 5) is 11.2. The average molecular weight is 366 g/mol. The molecule has 3 aromatic rings. The van der Waals surface area contributed by atoms with Gasteiger partial charge in [0.1, 0.15) is 18.5 Å². The average Bonchev–Trinajstić information content (AvgIpc) is 3.08. The lowest BCUT2D eigenvalue weighted by Crippen LogP contribution is -2.42. The summed E-state index contributed by atoms with van der Waals surface area (Å²) in [6.07, 6.45) is 2.26. The number of β-amino-alcohol motifs (C(OH)–C–C–N with tert-alkyl or cyclic N) is 1. The largest absolute Gasteiger partial charge is 0.491 e. The van der Waals surface area contributed by atoms with Gasteiger partial charge < -0.3 is 19.7 Å².